The maximum Gasteiger partial charge on any atom is 0.317 e. The molecule has 0 aromatic carbocycles. The Bertz CT molecular complexity index is 498. The van der Waals surface area contributed by atoms with Crippen LogP contribution in [0.3, 0.4) is 0 Å². The highest BCUT2D eigenvalue weighted by Gasteiger charge is 2.28. The van der Waals surface area contributed by atoms with Gasteiger partial charge in [-0.1, -0.05) is 6.92 Å². The van der Waals surface area contributed by atoms with Gasteiger partial charge in [0, 0.05) is 37.9 Å². The van der Waals surface area contributed by atoms with Crippen molar-refractivity contribution in [3.63, 3.8) is 0 Å². The number of rotatable bonds is 4. The number of likely N-dealkylation sites (tertiary alicyclic amines) is 1. The van der Waals surface area contributed by atoms with Crippen molar-refractivity contribution in [3.8, 4) is 0 Å². The fourth-order valence-electron chi connectivity index (χ4n) is 3.12. The van der Waals surface area contributed by atoms with E-state index in [4.69, 9.17) is 0 Å². The number of carbonyl (C=O) groups excluding carboxylic acids is 1. The van der Waals surface area contributed by atoms with Crippen LogP contribution >= 0.6 is 0 Å². The standard InChI is InChI=1S/C16H29N5O/c1-12-7-6-8-21(13(12)2)16(22)17-10-15(19(3)4)14-9-18-20(5)11-14/h9,11-13,15H,6-8,10H2,1-5H3,(H,17,22)/t12-,13+,15+/m1/s1. The minimum atomic E-state index is 0.0507. The van der Waals surface area contributed by atoms with Gasteiger partial charge in [-0.25, -0.2) is 4.79 Å². The molecule has 1 aromatic heterocycles. The maximum absolute atomic E-state index is 12.5. The van der Waals surface area contributed by atoms with Crippen molar-refractivity contribution < 1.29 is 4.79 Å². The molecule has 2 amide bonds. The van der Waals surface area contributed by atoms with Crippen molar-refractivity contribution in [1.82, 2.24) is 24.9 Å². The van der Waals surface area contributed by atoms with E-state index >= 15 is 0 Å². The number of aromatic nitrogens is 2. The van der Waals surface area contributed by atoms with E-state index in [9.17, 15) is 4.79 Å². The van der Waals surface area contributed by atoms with E-state index in [-0.39, 0.29) is 12.1 Å². The van der Waals surface area contributed by atoms with Crippen LogP contribution in [0.2, 0.25) is 0 Å². The van der Waals surface area contributed by atoms with E-state index < -0.39 is 0 Å². The first-order chi connectivity index (χ1) is 10.4. The van der Waals surface area contributed by atoms with Gasteiger partial charge in [0.2, 0.25) is 0 Å². The molecule has 1 fully saturated rings. The minimum Gasteiger partial charge on any atom is -0.336 e. The highest BCUT2D eigenvalue weighted by molar-refractivity contribution is 5.74. The molecule has 0 spiro atoms. The third-order valence-electron chi connectivity index (χ3n) is 4.81. The molecule has 2 heterocycles. The molecule has 1 N–H and O–H groups in total. The Kier molecular flexibility index (Phi) is 5.45. The molecule has 0 bridgehead atoms. The van der Waals surface area contributed by atoms with Gasteiger partial charge >= 0.3 is 6.03 Å². The molecule has 0 aliphatic carbocycles. The lowest BCUT2D eigenvalue weighted by atomic mass is 9.92. The van der Waals surface area contributed by atoms with Gasteiger partial charge < -0.3 is 15.1 Å². The molecule has 3 atom stereocenters. The highest BCUT2D eigenvalue weighted by Crippen LogP contribution is 2.23. The Balaban J connectivity index is 1.96. The smallest absolute Gasteiger partial charge is 0.317 e. The summed E-state index contributed by atoms with van der Waals surface area (Å²) in [5.74, 6) is 0.572. The molecular formula is C16H29N5O. The fraction of sp³-hybridized carbons (Fsp3) is 0.750. The maximum atomic E-state index is 12.5. The van der Waals surface area contributed by atoms with Crippen molar-refractivity contribution in [3.05, 3.63) is 18.0 Å². The zero-order valence-corrected chi connectivity index (χ0v) is 14.4. The molecule has 6 nitrogen and oxygen atoms in total. The van der Waals surface area contributed by atoms with Gasteiger partial charge in [-0.15, -0.1) is 0 Å². The van der Waals surface area contributed by atoms with E-state index in [2.05, 4.69) is 29.2 Å². The second-order valence-electron chi connectivity index (χ2n) is 6.67. The summed E-state index contributed by atoms with van der Waals surface area (Å²) in [5, 5.41) is 7.33. The first kappa shape index (κ1) is 16.8. The molecule has 1 aliphatic heterocycles. The molecule has 1 aromatic rings. The molecule has 2 rings (SSSR count). The summed E-state index contributed by atoms with van der Waals surface area (Å²) in [7, 11) is 5.95. The molecular weight excluding hydrogens is 278 g/mol. The molecule has 22 heavy (non-hydrogen) atoms. The zero-order valence-electron chi connectivity index (χ0n) is 14.4. The molecule has 1 saturated heterocycles. The number of urea groups is 1. The third kappa shape index (κ3) is 3.80. The lowest BCUT2D eigenvalue weighted by Gasteiger charge is -2.38. The lowest BCUT2D eigenvalue weighted by Crippen LogP contribution is -2.51. The van der Waals surface area contributed by atoms with Gasteiger partial charge in [0.15, 0.2) is 0 Å². The molecule has 0 saturated carbocycles. The fourth-order valence-corrected chi connectivity index (χ4v) is 3.12. The van der Waals surface area contributed by atoms with E-state index in [0.717, 1.165) is 18.5 Å². The second kappa shape index (κ2) is 7.13. The monoisotopic (exact) mass is 307 g/mol. The minimum absolute atomic E-state index is 0.0507. The number of hydrogen-bond acceptors (Lipinski definition) is 3. The Morgan fingerprint density at radius 1 is 1.50 bits per heavy atom. The van der Waals surface area contributed by atoms with Gasteiger partial charge in [0.1, 0.15) is 0 Å². The largest absolute Gasteiger partial charge is 0.336 e. The average Bonchev–Trinajstić information content (AvgIpc) is 2.88. The van der Waals surface area contributed by atoms with Crippen molar-refractivity contribution in [2.75, 3.05) is 27.2 Å². The first-order valence-corrected chi connectivity index (χ1v) is 8.09. The van der Waals surface area contributed by atoms with Crippen molar-refractivity contribution in [1.29, 1.82) is 0 Å². The van der Waals surface area contributed by atoms with Gasteiger partial charge in [-0.05, 0) is 39.8 Å². The van der Waals surface area contributed by atoms with Crippen molar-refractivity contribution >= 4 is 6.03 Å². The summed E-state index contributed by atoms with van der Waals surface area (Å²) < 4.78 is 1.79. The number of carbonyl (C=O) groups is 1. The number of nitrogens with zero attached hydrogens (tertiary/aromatic N) is 4. The summed E-state index contributed by atoms with van der Waals surface area (Å²) in [4.78, 5) is 16.6. The van der Waals surface area contributed by atoms with Gasteiger partial charge in [0.25, 0.3) is 0 Å². The van der Waals surface area contributed by atoms with Crippen LogP contribution in [0, 0.1) is 5.92 Å². The van der Waals surface area contributed by atoms with E-state index in [1.165, 1.54) is 6.42 Å². The predicted molar refractivity (Wildman–Crippen MR) is 87.6 cm³/mol. The third-order valence-corrected chi connectivity index (χ3v) is 4.81. The van der Waals surface area contributed by atoms with Crippen molar-refractivity contribution in [2.45, 2.75) is 38.8 Å². The van der Waals surface area contributed by atoms with Crippen LogP contribution in [0.1, 0.15) is 38.3 Å². The normalized spacial score (nSPS) is 23.6. The van der Waals surface area contributed by atoms with Crippen LogP contribution in [0.5, 0.6) is 0 Å². The van der Waals surface area contributed by atoms with Gasteiger partial charge in [-0.2, -0.15) is 5.10 Å². The number of aryl methyl sites for hydroxylation is 1. The average molecular weight is 307 g/mol. The number of hydrogen-bond donors (Lipinski definition) is 1. The van der Waals surface area contributed by atoms with E-state index in [0.29, 0.717) is 18.5 Å². The Hall–Kier alpha value is -1.56. The summed E-state index contributed by atoms with van der Waals surface area (Å²) >= 11 is 0. The van der Waals surface area contributed by atoms with E-state index in [1.807, 2.05) is 38.4 Å². The Labute approximate surface area is 133 Å². The summed E-state index contributed by atoms with van der Waals surface area (Å²) in [6.45, 7) is 5.82. The quantitative estimate of drug-likeness (QED) is 0.923. The SMILES string of the molecule is C[C@@H]1CCCN(C(=O)NC[C@@H](c2cnn(C)c2)N(C)C)[C@H]1C. The Morgan fingerprint density at radius 2 is 2.23 bits per heavy atom. The second-order valence-corrected chi connectivity index (χ2v) is 6.67. The summed E-state index contributed by atoms with van der Waals surface area (Å²) in [6.07, 6.45) is 6.17. The predicted octanol–water partition coefficient (Wildman–Crippen LogP) is 1.85. The molecule has 124 valence electrons. The number of nitrogens with one attached hydrogen (secondary N) is 1. The van der Waals surface area contributed by atoms with E-state index in [1.54, 1.807) is 4.68 Å². The summed E-state index contributed by atoms with van der Waals surface area (Å²) in [6, 6.07) is 0.495. The number of piperidine rings is 1. The van der Waals surface area contributed by atoms with Crippen LogP contribution in [-0.2, 0) is 7.05 Å². The number of likely N-dealkylation sites (N-methyl/N-ethyl adjacent to an activating group) is 1. The Morgan fingerprint density at radius 3 is 2.82 bits per heavy atom. The van der Waals surface area contributed by atoms with Gasteiger partial charge in [0.05, 0.1) is 12.2 Å². The summed E-state index contributed by atoms with van der Waals surface area (Å²) in [5.41, 5.74) is 1.12. The topological polar surface area (TPSA) is 53.4 Å². The van der Waals surface area contributed by atoms with Gasteiger partial charge in [-0.3, -0.25) is 4.68 Å². The van der Waals surface area contributed by atoms with Crippen LogP contribution in [0.15, 0.2) is 12.4 Å². The van der Waals surface area contributed by atoms with Crippen molar-refractivity contribution in [2.24, 2.45) is 13.0 Å². The highest BCUT2D eigenvalue weighted by atomic mass is 16.2. The van der Waals surface area contributed by atoms with Crippen LogP contribution in [0.25, 0.3) is 0 Å². The lowest BCUT2D eigenvalue weighted by molar-refractivity contribution is 0.126. The molecule has 0 unspecified atom stereocenters. The molecule has 0 radical (unpaired) electrons. The molecule has 6 heteroatoms. The number of amides is 2. The molecule has 1 aliphatic rings. The van der Waals surface area contributed by atoms with Crippen LogP contribution < -0.4 is 5.32 Å². The first-order valence-electron chi connectivity index (χ1n) is 8.09. The van der Waals surface area contributed by atoms with Crippen LogP contribution in [0.4, 0.5) is 4.79 Å². The van der Waals surface area contributed by atoms with Crippen LogP contribution in [-0.4, -0.2) is 58.8 Å². The zero-order chi connectivity index (χ0) is 16.3.